The molecule has 0 amide bonds. The molecular weight excluding hydrogens is 248 g/mol. The first kappa shape index (κ1) is 12.7. The fraction of sp³-hybridized carbons (Fsp3) is 0.0769. The van der Waals surface area contributed by atoms with Crippen LogP contribution in [0.3, 0.4) is 0 Å². The second-order valence-electron chi connectivity index (χ2n) is 3.87. The van der Waals surface area contributed by atoms with Gasteiger partial charge >= 0.3 is 11.2 Å². The average Bonchev–Trinajstić information content (AvgIpc) is 2.41. The second kappa shape index (κ2) is 5.26. The predicted molar refractivity (Wildman–Crippen MR) is 68.1 cm³/mol. The van der Waals surface area contributed by atoms with Gasteiger partial charge in [0.2, 0.25) is 0 Å². The van der Waals surface area contributed by atoms with Crippen molar-refractivity contribution in [2.24, 2.45) is 0 Å². The van der Waals surface area contributed by atoms with Crippen LogP contribution in [-0.2, 0) is 6.54 Å². The molecule has 2 aromatic rings. The Labute approximate surface area is 108 Å². The second-order valence-corrected chi connectivity index (χ2v) is 3.87. The molecule has 0 aliphatic heterocycles. The van der Waals surface area contributed by atoms with Crippen LogP contribution in [0.4, 0.5) is 5.69 Å². The van der Waals surface area contributed by atoms with Gasteiger partial charge < -0.3 is 4.57 Å². The third-order valence-electron chi connectivity index (χ3n) is 2.61. The van der Waals surface area contributed by atoms with Crippen LogP contribution in [0.25, 0.3) is 0 Å². The number of hydrogen-bond donors (Lipinski definition) is 0. The molecule has 0 N–H and O–H groups in total. The molecule has 0 fully saturated rings. The van der Waals surface area contributed by atoms with E-state index < -0.39 is 16.2 Å². The highest BCUT2D eigenvalue weighted by molar-refractivity contribution is 5.95. The number of Topliss-reactive ketones (excluding diaryl/α,β-unsaturated/α-hetero) is 1. The molecule has 1 aromatic carbocycles. The molecule has 0 saturated heterocycles. The number of nitro groups is 1. The van der Waals surface area contributed by atoms with Gasteiger partial charge in [-0.2, -0.15) is 0 Å². The van der Waals surface area contributed by atoms with Crippen LogP contribution in [0.5, 0.6) is 0 Å². The van der Waals surface area contributed by atoms with Gasteiger partial charge in [-0.25, -0.2) is 0 Å². The van der Waals surface area contributed by atoms with E-state index in [0.29, 0.717) is 5.56 Å². The molecule has 0 bridgehead atoms. The number of ketones is 1. The van der Waals surface area contributed by atoms with E-state index in [1.807, 2.05) is 0 Å². The Balaban J connectivity index is 2.30. The van der Waals surface area contributed by atoms with Crippen LogP contribution < -0.4 is 5.56 Å². The molecule has 0 spiro atoms. The number of nitrogens with zero attached hydrogens (tertiary/aromatic N) is 2. The van der Waals surface area contributed by atoms with Crippen molar-refractivity contribution in [2.75, 3.05) is 0 Å². The van der Waals surface area contributed by atoms with Crippen molar-refractivity contribution < 1.29 is 9.72 Å². The van der Waals surface area contributed by atoms with E-state index in [1.54, 1.807) is 30.3 Å². The number of aromatic nitrogens is 1. The molecule has 19 heavy (non-hydrogen) atoms. The number of hydrogen-bond acceptors (Lipinski definition) is 4. The van der Waals surface area contributed by atoms with E-state index >= 15 is 0 Å². The SMILES string of the molecule is O=C(Cn1cccc([N+](=O)[O-])c1=O)c1ccccc1. The standard InChI is InChI=1S/C13H10N2O4/c16-12(10-5-2-1-3-6-10)9-14-8-4-7-11(13(14)17)15(18)19/h1-8H,9H2. The van der Waals surface area contributed by atoms with Crippen LogP contribution in [0, 0.1) is 10.1 Å². The first-order valence-corrected chi connectivity index (χ1v) is 5.51. The van der Waals surface area contributed by atoms with Crippen LogP contribution in [0.15, 0.2) is 53.5 Å². The summed E-state index contributed by atoms with van der Waals surface area (Å²) in [7, 11) is 0. The fourth-order valence-corrected chi connectivity index (χ4v) is 1.66. The zero-order valence-electron chi connectivity index (χ0n) is 9.85. The maximum atomic E-state index is 11.9. The lowest BCUT2D eigenvalue weighted by Crippen LogP contribution is -2.25. The number of benzene rings is 1. The van der Waals surface area contributed by atoms with Crippen LogP contribution in [-0.4, -0.2) is 15.3 Å². The van der Waals surface area contributed by atoms with Crippen LogP contribution >= 0.6 is 0 Å². The number of carbonyl (C=O) groups is 1. The van der Waals surface area contributed by atoms with E-state index in [-0.39, 0.29) is 12.3 Å². The number of pyridine rings is 1. The Morgan fingerprint density at radius 3 is 2.47 bits per heavy atom. The first-order chi connectivity index (χ1) is 9.09. The van der Waals surface area contributed by atoms with Crippen molar-refractivity contribution in [1.29, 1.82) is 0 Å². The maximum absolute atomic E-state index is 11.9. The Morgan fingerprint density at radius 1 is 1.16 bits per heavy atom. The average molecular weight is 258 g/mol. The lowest BCUT2D eigenvalue weighted by atomic mass is 10.1. The molecule has 0 saturated carbocycles. The minimum absolute atomic E-state index is 0.218. The summed E-state index contributed by atoms with van der Waals surface area (Å²) in [5.74, 6) is -0.275. The van der Waals surface area contributed by atoms with Crippen molar-refractivity contribution in [1.82, 2.24) is 4.57 Å². The molecule has 6 nitrogen and oxygen atoms in total. The van der Waals surface area contributed by atoms with Crippen molar-refractivity contribution in [3.05, 3.63) is 74.7 Å². The molecule has 0 aliphatic carbocycles. The number of rotatable bonds is 4. The van der Waals surface area contributed by atoms with Crippen molar-refractivity contribution in [3.63, 3.8) is 0 Å². The predicted octanol–water partition coefficient (Wildman–Crippen LogP) is 1.64. The highest BCUT2D eigenvalue weighted by Crippen LogP contribution is 2.04. The molecule has 2 rings (SSSR count). The Kier molecular flexibility index (Phi) is 3.51. The Morgan fingerprint density at radius 2 is 1.84 bits per heavy atom. The highest BCUT2D eigenvalue weighted by atomic mass is 16.6. The Hall–Kier alpha value is -2.76. The van der Waals surface area contributed by atoms with Gasteiger partial charge in [0.05, 0.1) is 11.5 Å². The molecule has 6 heteroatoms. The topological polar surface area (TPSA) is 82.2 Å². The zero-order chi connectivity index (χ0) is 13.8. The van der Waals surface area contributed by atoms with Gasteiger partial charge in [0, 0.05) is 17.8 Å². The van der Waals surface area contributed by atoms with Crippen LogP contribution in [0.2, 0.25) is 0 Å². The molecule has 0 atom stereocenters. The summed E-state index contributed by atoms with van der Waals surface area (Å²) in [6, 6.07) is 10.9. The monoisotopic (exact) mass is 258 g/mol. The van der Waals surface area contributed by atoms with Crippen molar-refractivity contribution in [2.45, 2.75) is 6.54 Å². The molecule has 0 unspecified atom stereocenters. The van der Waals surface area contributed by atoms with E-state index in [2.05, 4.69) is 0 Å². The summed E-state index contributed by atoms with van der Waals surface area (Å²) in [5.41, 5.74) is -0.860. The summed E-state index contributed by atoms with van der Waals surface area (Å²) in [6.45, 7) is -0.218. The quantitative estimate of drug-likeness (QED) is 0.474. The fourth-order valence-electron chi connectivity index (χ4n) is 1.66. The van der Waals surface area contributed by atoms with Gasteiger partial charge in [-0.15, -0.1) is 0 Å². The first-order valence-electron chi connectivity index (χ1n) is 5.51. The van der Waals surface area contributed by atoms with Crippen LogP contribution in [0.1, 0.15) is 10.4 Å². The third-order valence-corrected chi connectivity index (χ3v) is 2.61. The van der Waals surface area contributed by atoms with Crippen molar-refractivity contribution in [3.8, 4) is 0 Å². The molecule has 1 heterocycles. The molecule has 0 aliphatic rings. The largest absolute Gasteiger partial charge is 0.334 e. The van der Waals surface area contributed by atoms with E-state index in [1.165, 1.54) is 12.3 Å². The van der Waals surface area contributed by atoms with Gasteiger partial charge in [0.25, 0.3) is 0 Å². The lowest BCUT2D eigenvalue weighted by Gasteiger charge is -2.04. The van der Waals surface area contributed by atoms with E-state index in [0.717, 1.165) is 10.6 Å². The summed E-state index contributed by atoms with van der Waals surface area (Å²) >= 11 is 0. The van der Waals surface area contributed by atoms with Crippen molar-refractivity contribution >= 4 is 11.5 Å². The maximum Gasteiger partial charge on any atom is 0.334 e. The normalized spacial score (nSPS) is 10.1. The molecule has 0 radical (unpaired) electrons. The van der Waals surface area contributed by atoms with E-state index in [9.17, 15) is 19.7 Å². The van der Waals surface area contributed by atoms with Gasteiger partial charge in [0.1, 0.15) is 0 Å². The van der Waals surface area contributed by atoms with Gasteiger partial charge in [-0.1, -0.05) is 30.3 Å². The minimum atomic E-state index is -0.781. The Bertz CT molecular complexity index is 677. The molecule has 96 valence electrons. The molecular formula is C13H10N2O4. The summed E-state index contributed by atoms with van der Waals surface area (Å²) < 4.78 is 1.04. The summed E-state index contributed by atoms with van der Waals surface area (Å²) in [6.07, 6.45) is 1.36. The van der Waals surface area contributed by atoms with E-state index in [4.69, 9.17) is 0 Å². The van der Waals surface area contributed by atoms with Gasteiger partial charge in [-0.3, -0.25) is 19.7 Å². The van der Waals surface area contributed by atoms with Gasteiger partial charge in [-0.05, 0) is 6.07 Å². The summed E-state index contributed by atoms with van der Waals surface area (Å²) in [4.78, 5) is 33.5. The lowest BCUT2D eigenvalue weighted by molar-refractivity contribution is -0.386. The number of carbonyl (C=O) groups excluding carboxylic acids is 1. The minimum Gasteiger partial charge on any atom is -0.302 e. The highest BCUT2D eigenvalue weighted by Gasteiger charge is 2.15. The zero-order valence-corrected chi connectivity index (χ0v) is 9.85. The third kappa shape index (κ3) is 2.74. The smallest absolute Gasteiger partial charge is 0.302 e. The van der Waals surface area contributed by atoms with Gasteiger partial charge in [0.15, 0.2) is 5.78 Å². The molecule has 1 aromatic heterocycles. The summed E-state index contributed by atoms with van der Waals surface area (Å²) in [5, 5.41) is 10.6.